The minimum Gasteiger partial charge on any atom is -0.489 e. The smallest absolute Gasteiger partial charge is 0.119 e. The van der Waals surface area contributed by atoms with Crippen LogP contribution in [0.25, 0.3) is 33.4 Å². The number of anilines is 6. The van der Waals surface area contributed by atoms with Gasteiger partial charge in [0, 0.05) is 34.1 Å². The molecule has 0 saturated carbocycles. The predicted molar refractivity (Wildman–Crippen MR) is 341 cm³/mol. The first kappa shape index (κ1) is 52.5. The Morgan fingerprint density at radius 1 is 0.370 bits per heavy atom. The molecule has 0 radical (unpaired) electrons. The van der Waals surface area contributed by atoms with Gasteiger partial charge in [-0.3, -0.25) is 0 Å². The van der Waals surface area contributed by atoms with Crippen molar-refractivity contribution < 1.29 is 4.74 Å². The zero-order chi connectivity index (χ0) is 55.0. The molecule has 0 bridgehead atoms. The molecule has 11 aromatic carbocycles. The zero-order valence-electron chi connectivity index (χ0n) is 46.9. The molecule has 0 N–H and O–H groups in total. The molecular formula is C78H70N2O. The number of hydrogen-bond acceptors (Lipinski definition) is 3. The van der Waals surface area contributed by atoms with E-state index in [4.69, 9.17) is 4.74 Å². The highest BCUT2D eigenvalue weighted by atomic mass is 16.5. The summed E-state index contributed by atoms with van der Waals surface area (Å²) in [6.07, 6.45) is 7.18. The average molecular weight is 1050 g/mol. The highest BCUT2D eigenvalue weighted by Gasteiger charge is 2.46. The molecule has 0 aliphatic heterocycles. The molecule has 3 nitrogen and oxygen atoms in total. The summed E-state index contributed by atoms with van der Waals surface area (Å²) in [4.78, 5) is 4.65. The van der Waals surface area contributed by atoms with Gasteiger partial charge in [-0.1, -0.05) is 222 Å². The lowest BCUT2D eigenvalue weighted by molar-refractivity contribution is 0.306. The van der Waals surface area contributed by atoms with E-state index in [0.717, 1.165) is 52.7 Å². The normalized spacial score (nSPS) is 12.5. The van der Waals surface area contributed by atoms with Crippen LogP contribution in [-0.2, 0) is 18.4 Å². The minimum atomic E-state index is -0.613. The third kappa shape index (κ3) is 10.9. The van der Waals surface area contributed by atoms with E-state index >= 15 is 0 Å². The van der Waals surface area contributed by atoms with Gasteiger partial charge in [-0.25, -0.2) is 0 Å². The molecule has 0 amide bonds. The van der Waals surface area contributed by atoms with E-state index in [0.29, 0.717) is 12.5 Å². The Morgan fingerprint density at radius 3 is 1.19 bits per heavy atom. The fourth-order valence-corrected chi connectivity index (χ4v) is 12.1. The first-order chi connectivity index (χ1) is 40.0. The lowest BCUT2D eigenvalue weighted by Crippen LogP contribution is -2.28. The Bertz CT molecular complexity index is 3550. The number of hydrogen-bond donors (Lipinski definition) is 0. The SMILES string of the molecule is CCCCCCc1ccc(C2(c3ccc(OCc4ccc(C(C)CC)cc4)cc3)c3ccc(-c4ccc(N(c5ccccc5)c5ccccc5)cc4)cc3-c3cc(-c4ccc(N(c5ccccc5)c5ccccc5)cc4)ccc32)cc1. The second kappa shape index (κ2) is 24.0. The molecule has 398 valence electrons. The third-order valence-corrected chi connectivity index (χ3v) is 16.7. The average Bonchev–Trinajstić information content (AvgIpc) is 3.67. The monoisotopic (exact) mass is 1050 g/mol. The summed E-state index contributed by atoms with van der Waals surface area (Å²) in [5, 5.41) is 0. The number of unbranched alkanes of at least 4 members (excludes halogenated alkanes) is 3. The predicted octanol–water partition coefficient (Wildman–Crippen LogP) is 21.5. The molecule has 0 spiro atoms. The summed E-state index contributed by atoms with van der Waals surface area (Å²) >= 11 is 0. The maximum atomic E-state index is 6.55. The number of nitrogens with zero attached hydrogens (tertiary/aromatic N) is 2. The topological polar surface area (TPSA) is 15.7 Å². The van der Waals surface area contributed by atoms with Crippen LogP contribution in [0.3, 0.4) is 0 Å². The second-order valence-electron chi connectivity index (χ2n) is 21.7. The van der Waals surface area contributed by atoms with Crippen molar-refractivity contribution in [3.63, 3.8) is 0 Å². The highest BCUT2D eigenvalue weighted by Crippen LogP contribution is 2.58. The summed E-state index contributed by atoms with van der Waals surface area (Å²) < 4.78 is 6.55. The third-order valence-electron chi connectivity index (χ3n) is 16.7. The van der Waals surface area contributed by atoms with Crippen molar-refractivity contribution in [2.24, 2.45) is 0 Å². The van der Waals surface area contributed by atoms with Crippen molar-refractivity contribution in [1.82, 2.24) is 0 Å². The van der Waals surface area contributed by atoms with Crippen LogP contribution < -0.4 is 14.5 Å². The Labute approximate surface area is 480 Å². The maximum absolute atomic E-state index is 6.55. The number of fused-ring (bicyclic) bond motifs is 3. The Hall–Kier alpha value is -9.18. The van der Waals surface area contributed by atoms with Gasteiger partial charge in [-0.15, -0.1) is 0 Å². The Morgan fingerprint density at radius 2 is 0.765 bits per heavy atom. The van der Waals surface area contributed by atoms with Gasteiger partial charge in [0.25, 0.3) is 0 Å². The van der Waals surface area contributed by atoms with Crippen LogP contribution in [0.2, 0.25) is 0 Å². The summed E-state index contributed by atoms with van der Waals surface area (Å²) in [5.41, 5.74) is 22.2. The van der Waals surface area contributed by atoms with Gasteiger partial charge in [-0.05, 0) is 195 Å². The molecule has 0 aromatic heterocycles. The number of para-hydroxylation sites is 4. The van der Waals surface area contributed by atoms with Gasteiger partial charge < -0.3 is 14.5 Å². The molecule has 0 heterocycles. The summed E-state index contributed by atoms with van der Waals surface area (Å²) in [6.45, 7) is 7.33. The lowest BCUT2D eigenvalue weighted by atomic mass is 9.67. The fourth-order valence-electron chi connectivity index (χ4n) is 12.1. The number of rotatable bonds is 20. The van der Waals surface area contributed by atoms with Crippen molar-refractivity contribution in [3.8, 4) is 39.1 Å². The molecule has 1 aliphatic carbocycles. The van der Waals surface area contributed by atoms with Crippen LogP contribution in [0.4, 0.5) is 34.1 Å². The van der Waals surface area contributed by atoms with Crippen LogP contribution in [0.15, 0.2) is 279 Å². The number of aryl methyl sites for hydroxylation is 1. The van der Waals surface area contributed by atoms with Crippen molar-refractivity contribution >= 4 is 34.1 Å². The second-order valence-corrected chi connectivity index (χ2v) is 21.7. The number of ether oxygens (including phenoxy) is 1. The Kier molecular flexibility index (Phi) is 15.6. The largest absolute Gasteiger partial charge is 0.489 e. The zero-order valence-corrected chi connectivity index (χ0v) is 46.9. The van der Waals surface area contributed by atoms with Gasteiger partial charge in [-0.2, -0.15) is 0 Å². The van der Waals surface area contributed by atoms with Gasteiger partial charge in [0.15, 0.2) is 0 Å². The summed E-state index contributed by atoms with van der Waals surface area (Å²) in [5.74, 6) is 1.40. The van der Waals surface area contributed by atoms with E-state index in [1.807, 2.05) is 0 Å². The van der Waals surface area contributed by atoms with E-state index in [-0.39, 0.29) is 0 Å². The van der Waals surface area contributed by atoms with E-state index < -0.39 is 5.41 Å². The molecule has 0 fully saturated rings. The van der Waals surface area contributed by atoms with Crippen LogP contribution in [0.1, 0.15) is 97.7 Å². The highest BCUT2D eigenvalue weighted by molar-refractivity contribution is 5.92. The van der Waals surface area contributed by atoms with E-state index in [1.54, 1.807) is 0 Å². The maximum Gasteiger partial charge on any atom is 0.119 e. The van der Waals surface area contributed by atoms with Crippen molar-refractivity contribution in [2.45, 2.75) is 77.2 Å². The fraction of sp³-hybridized carbons (Fsp3) is 0.154. The first-order valence-electron chi connectivity index (χ1n) is 29.2. The van der Waals surface area contributed by atoms with Gasteiger partial charge >= 0.3 is 0 Å². The molecule has 11 aromatic rings. The van der Waals surface area contributed by atoms with E-state index in [9.17, 15) is 0 Å². The molecule has 3 heteroatoms. The molecule has 81 heavy (non-hydrogen) atoms. The summed E-state index contributed by atoms with van der Waals surface area (Å²) in [7, 11) is 0. The van der Waals surface area contributed by atoms with Crippen LogP contribution in [0, 0.1) is 0 Å². The van der Waals surface area contributed by atoms with Gasteiger partial charge in [0.1, 0.15) is 12.4 Å². The molecule has 1 atom stereocenters. The van der Waals surface area contributed by atoms with Gasteiger partial charge in [0.2, 0.25) is 0 Å². The number of benzene rings is 11. The lowest BCUT2D eigenvalue weighted by Gasteiger charge is -2.34. The van der Waals surface area contributed by atoms with E-state index in [2.05, 4.69) is 310 Å². The molecule has 0 saturated heterocycles. The summed E-state index contributed by atoms with van der Waals surface area (Å²) in [6, 6.07) is 103. The van der Waals surface area contributed by atoms with Crippen LogP contribution in [0.5, 0.6) is 5.75 Å². The minimum absolute atomic E-state index is 0.511. The molecule has 12 rings (SSSR count). The first-order valence-corrected chi connectivity index (χ1v) is 29.2. The molecular weight excluding hydrogens is 981 g/mol. The standard InChI is InChI=1S/C78H70N2O/c1-4-6-7-12-21-58-32-42-65(43-33-58)78(66-44-50-73(51-45-66)81-56-59-30-34-60(35-31-59)57(3)5-2)76-52-40-63(61-36-46-71(47-37-61)79(67-22-13-8-14-23-67)68-24-15-9-16-25-68)54-74(76)75-55-64(41-53-77(75)78)62-38-48-72(49-39-62)80(69-26-17-10-18-27-69)70-28-19-11-20-29-70/h8-11,13-20,22-55,57H,4-7,12,21,56H2,1-3H3. The van der Waals surface area contributed by atoms with Crippen molar-refractivity contribution in [1.29, 1.82) is 0 Å². The molecule has 1 unspecified atom stereocenters. The quantitative estimate of drug-likeness (QED) is 0.0708. The van der Waals surface area contributed by atoms with Crippen LogP contribution in [-0.4, -0.2) is 0 Å². The van der Waals surface area contributed by atoms with Crippen molar-refractivity contribution in [2.75, 3.05) is 9.80 Å². The van der Waals surface area contributed by atoms with Crippen LogP contribution >= 0.6 is 0 Å². The molecule has 1 aliphatic rings. The van der Waals surface area contributed by atoms with Gasteiger partial charge in [0.05, 0.1) is 5.41 Å². The van der Waals surface area contributed by atoms with Crippen molar-refractivity contribution in [3.05, 3.63) is 318 Å². The Balaban J connectivity index is 0.972. The van der Waals surface area contributed by atoms with E-state index in [1.165, 1.54) is 98.0 Å².